The number of nitrogens with one attached hydrogen (secondary N) is 1. The molecule has 0 aromatic heterocycles. The van der Waals surface area contributed by atoms with Crippen LogP contribution in [0.25, 0.3) is 0 Å². The second-order valence-corrected chi connectivity index (χ2v) is 4.78. The molecule has 0 radical (unpaired) electrons. The van der Waals surface area contributed by atoms with Gasteiger partial charge in [-0.25, -0.2) is 0 Å². The summed E-state index contributed by atoms with van der Waals surface area (Å²) in [6.07, 6.45) is 5.32. The van der Waals surface area contributed by atoms with Crippen LogP contribution in [0.15, 0.2) is 0 Å². The predicted molar refractivity (Wildman–Crippen MR) is 57.7 cm³/mol. The van der Waals surface area contributed by atoms with Crippen LogP contribution in [0, 0.1) is 5.92 Å². The highest BCUT2D eigenvalue weighted by Gasteiger charge is 2.34. The van der Waals surface area contributed by atoms with E-state index in [9.17, 15) is 0 Å². The van der Waals surface area contributed by atoms with Crippen LogP contribution >= 0.6 is 0 Å². The zero-order chi connectivity index (χ0) is 9.90. The van der Waals surface area contributed by atoms with Gasteiger partial charge in [0.15, 0.2) is 0 Å². The first-order chi connectivity index (χ1) is 6.09. The molecule has 1 aliphatic rings. The minimum Gasteiger partial charge on any atom is -0.326 e. The molecule has 0 spiro atoms. The topological polar surface area (TPSA) is 38.0 Å². The fourth-order valence-corrected chi connectivity index (χ4v) is 1.83. The fraction of sp³-hybridized carbons (Fsp3) is 1.00. The van der Waals surface area contributed by atoms with Gasteiger partial charge in [-0.1, -0.05) is 20.8 Å². The Balaban J connectivity index is 2.24. The average Bonchev–Trinajstić information content (AvgIpc) is 2.02. The second kappa shape index (κ2) is 4.43. The van der Waals surface area contributed by atoms with Gasteiger partial charge in [0.25, 0.3) is 0 Å². The Morgan fingerprint density at radius 3 is 2.31 bits per heavy atom. The first kappa shape index (κ1) is 11.0. The fourth-order valence-electron chi connectivity index (χ4n) is 1.83. The molecule has 2 heteroatoms. The quantitative estimate of drug-likeness (QED) is 0.685. The van der Waals surface area contributed by atoms with Gasteiger partial charge in [0, 0.05) is 18.1 Å². The summed E-state index contributed by atoms with van der Waals surface area (Å²) in [5.74, 6) is 0.585. The molecule has 0 aromatic carbocycles. The molecule has 1 saturated carbocycles. The molecule has 1 rings (SSSR count). The van der Waals surface area contributed by atoms with Crippen LogP contribution in [0.2, 0.25) is 0 Å². The molecule has 1 fully saturated rings. The molecule has 0 amide bonds. The Kier molecular flexibility index (Phi) is 3.74. The molecule has 1 atom stereocenters. The van der Waals surface area contributed by atoms with Crippen LogP contribution in [0.3, 0.4) is 0 Å². The molecule has 13 heavy (non-hydrogen) atoms. The van der Waals surface area contributed by atoms with E-state index in [2.05, 4.69) is 26.1 Å². The Bertz CT molecular complexity index is 145. The van der Waals surface area contributed by atoms with Crippen molar-refractivity contribution >= 4 is 0 Å². The Labute approximate surface area is 82.3 Å². The molecule has 0 heterocycles. The first-order valence-corrected chi connectivity index (χ1v) is 5.60. The third-order valence-electron chi connectivity index (χ3n) is 3.56. The van der Waals surface area contributed by atoms with Gasteiger partial charge in [-0.3, -0.25) is 0 Å². The van der Waals surface area contributed by atoms with Gasteiger partial charge in [-0.2, -0.15) is 0 Å². The van der Waals surface area contributed by atoms with Gasteiger partial charge in [-0.15, -0.1) is 0 Å². The van der Waals surface area contributed by atoms with E-state index in [1.54, 1.807) is 0 Å². The van der Waals surface area contributed by atoms with Crippen LogP contribution in [0.4, 0.5) is 0 Å². The van der Waals surface area contributed by atoms with Crippen molar-refractivity contribution in [2.24, 2.45) is 11.7 Å². The summed E-state index contributed by atoms with van der Waals surface area (Å²) in [5.41, 5.74) is 6.45. The standard InChI is InChI=1S/C11H24N2/c1-4-11(6-5-7-11)13-8-10(12)9(2)3/h9-10,13H,4-8,12H2,1-3H3. The molecule has 2 nitrogen and oxygen atoms in total. The van der Waals surface area contributed by atoms with Gasteiger partial charge in [0.1, 0.15) is 0 Å². The van der Waals surface area contributed by atoms with Crippen molar-refractivity contribution in [3.63, 3.8) is 0 Å². The van der Waals surface area contributed by atoms with Crippen LogP contribution in [-0.2, 0) is 0 Å². The lowest BCUT2D eigenvalue weighted by Gasteiger charge is -2.43. The zero-order valence-electron chi connectivity index (χ0n) is 9.27. The summed E-state index contributed by atoms with van der Waals surface area (Å²) in [7, 11) is 0. The number of nitrogens with two attached hydrogens (primary N) is 1. The van der Waals surface area contributed by atoms with E-state index >= 15 is 0 Å². The molecule has 0 aliphatic heterocycles. The molecule has 78 valence electrons. The van der Waals surface area contributed by atoms with E-state index in [1.165, 1.54) is 25.7 Å². The predicted octanol–water partition coefficient (Wildman–Crippen LogP) is 1.89. The summed E-state index contributed by atoms with van der Waals surface area (Å²) in [4.78, 5) is 0. The van der Waals surface area contributed by atoms with Crippen molar-refractivity contribution in [1.29, 1.82) is 0 Å². The SMILES string of the molecule is CCC1(NCC(N)C(C)C)CCC1. The summed E-state index contributed by atoms with van der Waals surface area (Å²) in [6, 6.07) is 0.309. The first-order valence-electron chi connectivity index (χ1n) is 5.60. The molecule has 3 N–H and O–H groups in total. The van der Waals surface area contributed by atoms with Gasteiger partial charge < -0.3 is 11.1 Å². The smallest absolute Gasteiger partial charge is 0.0188 e. The van der Waals surface area contributed by atoms with E-state index in [0.717, 1.165) is 6.54 Å². The second-order valence-electron chi connectivity index (χ2n) is 4.78. The zero-order valence-corrected chi connectivity index (χ0v) is 9.27. The highest BCUT2D eigenvalue weighted by Crippen LogP contribution is 2.34. The molecule has 1 aliphatic carbocycles. The maximum Gasteiger partial charge on any atom is 0.0188 e. The lowest BCUT2D eigenvalue weighted by molar-refractivity contribution is 0.171. The van der Waals surface area contributed by atoms with E-state index in [-0.39, 0.29) is 0 Å². The minimum absolute atomic E-state index is 0.309. The van der Waals surface area contributed by atoms with Crippen LogP contribution in [0.1, 0.15) is 46.5 Å². The number of hydrogen-bond donors (Lipinski definition) is 2. The minimum atomic E-state index is 0.309. The molecular formula is C11H24N2. The van der Waals surface area contributed by atoms with Crippen LogP contribution < -0.4 is 11.1 Å². The normalized spacial score (nSPS) is 22.8. The third-order valence-corrected chi connectivity index (χ3v) is 3.56. The number of rotatable bonds is 5. The number of hydrogen-bond acceptors (Lipinski definition) is 2. The van der Waals surface area contributed by atoms with Gasteiger partial charge in [-0.05, 0) is 31.6 Å². The van der Waals surface area contributed by atoms with Crippen LogP contribution in [-0.4, -0.2) is 18.1 Å². The van der Waals surface area contributed by atoms with E-state index in [1.807, 2.05) is 0 Å². The third kappa shape index (κ3) is 2.68. The monoisotopic (exact) mass is 184 g/mol. The Morgan fingerprint density at radius 1 is 1.38 bits per heavy atom. The van der Waals surface area contributed by atoms with Gasteiger partial charge in [0.2, 0.25) is 0 Å². The Hall–Kier alpha value is -0.0800. The molecule has 0 bridgehead atoms. The summed E-state index contributed by atoms with van der Waals surface area (Å²) < 4.78 is 0. The highest BCUT2D eigenvalue weighted by atomic mass is 15.0. The van der Waals surface area contributed by atoms with E-state index in [0.29, 0.717) is 17.5 Å². The van der Waals surface area contributed by atoms with Crippen LogP contribution in [0.5, 0.6) is 0 Å². The van der Waals surface area contributed by atoms with Crippen molar-refractivity contribution in [3.8, 4) is 0 Å². The Morgan fingerprint density at radius 2 is 2.00 bits per heavy atom. The van der Waals surface area contributed by atoms with Crippen molar-refractivity contribution in [1.82, 2.24) is 5.32 Å². The summed E-state index contributed by atoms with van der Waals surface area (Å²) in [6.45, 7) is 7.62. The van der Waals surface area contributed by atoms with Crippen molar-refractivity contribution in [3.05, 3.63) is 0 Å². The average molecular weight is 184 g/mol. The maximum absolute atomic E-state index is 5.99. The van der Waals surface area contributed by atoms with Crippen molar-refractivity contribution < 1.29 is 0 Å². The molecule has 0 saturated heterocycles. The van der Waals surface area contributed by atoms with Gasteiger partial charge in [0.05, 0.1) is 0 Å². The molecular weight excluding hydrogens is 160 g/mol. The lowest BCUT2D eigenvalue weighted by atomic mass is 9.74. The maximum atomic E-state index is 5.99. The van der Waals surface area contributed by atoms with Gasteiger partial charge >= 0.3 is 0 Å². The van der Waals surface area contributed by atoms with Crippen molar-refractivity contribution in [2.45, 2.75) is 58.0 Å². The van der Waals surface area contributed by atoms with Crippen molar-refractivity contribution in [2.75, 3.05) is 6.54 Å². The molecule has 0 aromatic rings. The summed E-state index contributed by atoms with van der Waals surface area (Å²) >= 11 is 0. The highest BCUT2D eigenvalue weighted by molar-refractivity contribution is 4.95. The largest absolute Gasteiger partial charge is 0.326 e. The summed E-state index contributed by atoms with van der Waals surface area (Å²) in [5, 5.41) is 3.64. The lowest BCUT2D eigenvalue weighted by Crippen LogP contribution is -2.54. The molecule has 1 unspecified atom stereocenters. The van der Waals surface area contributed by atoms with E-state index < -0.39 is 0 Å². The van der Waals surface area contributed by atoms with E-state index in [4.69, 9.17) is 5.73 Å².